The molecule has 0 saturated carbocycles. The molecule has 0 fully saturated rings. The summed E-state index contributed by atoms with van der Waals surface area (Å²) in [6.45, 7) is 1.27. The molecule has 4 rings (SSSR count). The van der Waals surface area contributed by atoms with Crippen LogP contribution in [0.1, 0.15) is 28.6 Å². The van der Waals surface area contributed by atoms with Crippen LogP contribution in [0, 0.1) is 0 Å². The average Bonchev–Trinajstić information content (AvgIpc) is 3.28. The number of hydrogen-bond acceptors (Lipinski definition) is 4. The molecular formula is C27H31N5O2. The Morgan fingerprint density at radius 3 is 2.41 bits per heavy atom. The largest absolute Gasteiger partial charge is 0.497 e. The maximum Gasteiger partial charge on any atom is 0.315 e. The van der Waals surface area contributed by atoms with Crippen molar-refractivity contribution in [1.82, 2.24) is 25.5 Å². The van der Waals surface area contributed by atoms with Gasteiger partial charge in [0.25, 0.3) is 0 Å². The number of hydrogen-bond donors (Lipinski definition) is 3. The zero-order valence-electron chi connectivity index (χ0n) is 19.8. The number of methoxy groups -OCH3 is 1. The van der Waals surface area contributed by atoms with Gasteiger partial charge in [-0.2, -0.15) is 0 Å². The molecule has 0 bridgehead atoms. The Labute approximate surface area is 200 Å². The van der Waals surface area contributed by atoms with Crippen molar-refractivity contribution in [2.24, 2.45) is 0 Å². The molecule has 1 aromatic heterocycles. The molecule has 0 saturated heterocycles. The van der Waals surface area contributed by atoms with Crippen LogP contribution in [0.15, 0.2) is 72.8 Å². The number of aromatic nitrogens is 2. The second kappa shape index (κ2) is 10.9. The standard InChI is InChI=1S/C27H31N5O2/c1-32(2)18-21-9-5-4-8-20(21)17-28-27(33)31-25(16-19-12-14-22(34-3)15-13-19)26-29-23-10-6-7-11-24(23)30-26/h4-15,25H,16-18H2,1-3H3,(H,29,30)(H2,28,31,33). The highest BCUT2D eigenvalue weighted by Gasteiger charge is 2.19. The van der Waals surface area contributed by atoms with Gasteiger partial charge >= 0.3 is 6.03 Å². The SMILES string of the molecule is COc1ccc(CC(NC(=O)NCc2ccccc2CN(C)C)c2nc3ccccc3[nH]2)cc1. The van der Waals surface area contributed by atoms with E-state index in [9.17, 15) is 4.79 Å². The van der Waals surface area contributed by atoms with E-state index < -0.39 is 0 Å². The van der Waals surface area contributed by atoms with Crippen molar-refractivity contribution >= 4 is 17.1 Å². The van der Waals surface area contributed by atoms with Gasteiger partial charge in [0.15, 0.2) is 0 Å². The summed E-state index contributed by atoms with van der Waals surface area (Å²) in [6, 6.07) is 23.3. The minimum atomic E-state index is -0.321. The second-order valence-corrected chi connectivity index (χ2v) is 8.58. The molecule has 0 aliphatic rings. The number of carbonyl (C=O) groups excluding carboxylic acids is 1. The van der Waals surface area contributed by atoms with Gasteiger partial charge in [-0.05, 0) is 61.5 Å². The maximum atomic E-state index is 12.9. The summed E-state index contributed by atoms with van der Waals surface area (Å²) in [5.74, 6) is 1.52. The van der Waals surface area contributed by atoms with Crippen molar-refractivity contribution < 1.29 is 9.53 Å². The number of para-hydroxylation sites is 2. The zero-order chi connectivity index (χ0) is 23.9. The molecule has 176 valence electrons. The van der Waals surface area contributed by atoms with E-state index in [0.717, 1.165) is 40.3 Å². The molecule has 7 nitrogen and oxygen atoms in total. The molecule has 0 aliphatic carbocycles. The van der Waals surface area contributed by atoms with E-state index in [1.165, 1.54) is 5.56 Å². The predicted molar refractivity (Wildman–Crippen MR) is 135 cm³/mol. The zero-order valence-corrected chi connectivity index (χ0v) is 19.8. The highest BCUT2D eigenvalue weighted by Crippen LogP contribution is 2.21. The van der Waals surface area contributed by atoms with Crippen LogP contribution in [0.3, 0.4) is 0 Å². The molecule has 1 heterocycles. The van der Waals surface area contributed by atoms with E-state index in [4.69, 9.17) is 9.72 Å². The van der Waals surface area contributed by atoms with Crippen molar-refractivity contribution in [2.75, 3.05) is 21.2 Å². The summed E-state index contributed by atoms with van der Waals surface area (Å²) in [5, 5.41) is 6.14. The quantitative estimate of drug-likeness (QED) is 0.348. The van der Waals surface area contributed by atoms with Gasteiger partial charge in [0.05, 0.1) is 24.2 Å². The molecule has 0 spiro atoms. The Bertz CT molecular complexity index is 1200. The van der Waals surface area contributed by atoms with E-state index in [0.29, 0.717) is 13.0 Å². The van der Waals surface area contributed by atoms with E-state index in [-0.39, 0.29) is 12.1 Å². The Balaban J connectivity index is 1.50. The highest BCUT2D eigenvalue weighted by atomic mass is 16.5. The summed E-state index contributed by atoms with van der Waals surface area (Å²) >= 11 is 0. The van der Waals surface area contributed by atoms with Crippen LogP contribution in [0.2, 0.25) is 0 Å². The third-order valence-corrected chi connectivity index (χ3v) is 5.69. The first-order valence-electron chi connectivity index (χ1n) is 11.4. The van der Waals surface area contributed by atoms with Crippen LogP contribution in [0.4, 0.5) is 4.79 Å². The van der Waals surface area contributed by atoms with Crippen molar-refractivity contribution in [3.05, 3.63) is 95.3 Å². The number of aromatic amines is 1. The first-order valence-corrected chi connectivity index (χ1v) is 11.4. The lowest BCUT2D eigenvalue weighted by Crippen LogP contribution is -2.39. The van der Waals surface area contributed by atoms with Gasteiger partial charge in [-0.15, -0.1) is 0 Å². The molecule has 0 radical (unpaired) electrons. The summed E-state index contributed by atoms with van der Waals surface area (Å²) in [4.78, 5) is 23.2. The molecule has 0 aliphatic heterocycles. The average molecular weight is 458 g/mol. The van der Waals surface area contributed by atoms with Crippen LogP contribution >= 0.6 is 0 Å². The Kier molecular flexibility index (Phi) is 7.44. The van der Waals surface area contributed by atoms with Gasteiger partial charge in [0.1, 0.15) is 11.6 Å². The van der Waals surface area contributed by atoms with Gasteiger partial charge in [-0.1, -0.05) is 48.5 Å². The number of nitrogens with one attached hydrogen (secondary N) is 3. The lowest BCUT2D eigenvalue weighted by atomic mass is 10.1. The lowest BCUT2D eigenvalue weighted by molar-refractivity contribution is 0.236. The first kappa shape index (κ1) is 23.3. The van der Waals surface area contributed by atoms with Gasteiger partial charge < -0.3 is 25.3 Å². The summed E-state index contributed by atoms with van der Waals surface area (Å²) < 4.78 is 5.27. The van der Waals surface area contributed by atoms with Crippen LogP contribution in [-0.4, -0.2) is 42.1 Å². The second-order valence-electron chi connectivity index (χ2n) is 8.58. The minimum Gasteiger partial charge on any atom is -0.497 e. The topological polar surface area (TPSA) is 82.3 Å². The monoisotopic (exact) mass is 457 g/mol. The Hall–Kier alpha value is -3.84. The fourth-order valence-electron chi connectivity index (χ4n) is 3.96. The fraction of sp³-hybridized carbons (Fsp3) is 0.259. The molecule has 7 heteroatoms. The van der Waals surface area contributed by atoms with Gasteiger partial charge in [-0.3, -0.25) is 0 Å². The molecular weight excluding hydrogens is 426 g/mol. The first-order chi connectivity index (χ1) is 16.5. The van der Waals surface area contributed by atoms with Crippen molar-refractivity contribution in [1.29, 1.82) is 0 Å². The molecule has 4 aromatic rings. The summed E-state index contributed by atoms with van der Waals surface area (Å²) in [6.07, 6.45) is 0.592. The van der Waals surface area contributed by atoms with Crippen molar-refractivity contribution in [3.8, 4) is 5.75 Å². The molecule has 1 unspecified atom stereocenters. The third kappa shape index (κ3) is 5.94. The normalized spacial score (nSPS) is 12.0. The molecule has 2 amide bonds. The number of amides is 2. The number of benzene rings is 3. The number of rotatable bonds is 9. The number of ether oxygens (including phenoxy) is 1. The highest BCUT2D eigenvalue weighted by molar-refractivity contribution is 5.76. The van der Waals surface area contributed by atoms with Crippen molar-refractivity contribution in [2.45, 2.75) is 25.6 Å². The van der Waals surface area contributed by atoms with E-state index in [1.807, 2.05) is 80.8 Å². The predicted octanol–water partition coefficient (Wildman–Crippen LogP) is 4.42. The Morgan fingerprint density at radius 2 is 1.71 bits per heavy atom. The van der Waals surface area contributed by atoms with Gasteiger partial charge in [-0.25, -0.2) is 9.78 Å². The molecule has 3 aromatic carbocycles. The third-order valence-electron chi connectivity index (χ3n) is 5.69. The van der Waals surface area contributed by atoms with E-state index >= 15 is 0 Å². The number of carbonyl (C=O) groups is 1. The molecule has 1 atom stereocenters. The Morgan fingerprint density at radius 1 is 1.00 bits per heavy atom. The number of urea groups is 1. The number of imidazole rings is 1. The van der Waals surface area contributed by atoms with E-state index in [2.05, 4.69) is 26.6 Å². The maximum absolute atomic E-state index is 12.9. The van der Waals surface area contributed by atoms with E-state index in [1.54, 1.807) is 7.11 Å². The van der Waals surface area contributed by atoms with Gasteiger partial charge in [0, 0.05) is 13.1 Å². The molecule has 34 heavy (non-hydrogen) atoms. The van der Waals surface area contributed by atoms with Crippen LogP contribution in [0.5, 0.6) is 5.75 Å². The number of nitrogens with zero attached hydrogens (tertiary/aromatic N) is 2. The van der Waals surface area contributed by atoms with Crippen molar-refractivity contribution in [3.63, 3.8) is 0 Å². The summed E-state index contributed by atoms with van der Waals surface area (Å²) in [7, 11) is 5.72. The van der Waals surface area contributed by atoms with Crippen LogP contribution in [0.25, 0.3) is 11.0 Å². The number of H-pyrrole nitrogens is 1. The van der Waals surface area contributed by atoms with Gasteiger partial charge in [0.2, 0.25) is 0 Å². The smallest absolute Gasteiger partial charge is 0.315 e. The number of fused-ring (bicyclic) bond motifs is 1. The summed E-state index contributed by atoms with van der Waals surface area (Å²) in [5.41, 5.74) is 5.18. The van der Waals surface area contributed by atoms with Crippen LogP contribution < -0.4 is 15.4 Å². The fourth-order valence-corrected chi connectivity index (χ4v) is 3.96. The molecule has 3 N–H and O–H groups in total. The minimum absolute atomic E-state index is 0.237. The lowest BCUT2D eigenvalue weighted by Gasteiger charge is -2.19. The van der Waals surface area contributed by atoms with Crippen LogP contribution in [-0.2, 0) is 19.5 Å².